The lowest BCUT2D eigenvalue weighted by Gasteiger charge is -2.20. The molecule has 0 bridgehead atoms. The van der Waals surface area contributed by atoms with Crippen molar-refractivity contribution < 1.29 is 31.8 Å². The van der Waals surface area contributed by atoms with Crippen LogP contribution in [0.5, 0.6) is 11.5 Å². The zero-order valence-corrected chi connectivity index (χ0v) is 18.8. The maximum absolute atomic E-state index is 14.8. The lowest BCUT2D eigenvalue weighted by molar-refractivity contribution is -0.140. The Bertz CT molecular complexity index is 1040. The Kier molecular flexibility index (Phi) is 6.96. The molecule has 2 unspecified atom stereocenters. The van der Waals surface area contributed by atoms with Crippen molar-refractivity contribution >= 4 is 5.97 Å². The summed E-state index contributed by atoms with van der Waals surface area (Å²) in [4.78, 5) is 12.8. The monoisotopic (exact) mass is 464 g/mol. The molecule has 2 fully saturated rings. The van der Waals surface area contributed by atoms with E-state index in [2.05, 4.69) is 6.92 Å². The molecule has 33 heavy (non-hydrogen) atoms. The first kappa shape index (κ1) is 23.6. The van der Waals surface area contributed by atoms with E-state index in [0.717, 1.165) is 56.4 Å². The summed E-state index contributed by atoms with van der Waals surface area (Å²) in [5.41, 5.74) is -0.914. The molecule has 0 N–H and O–H groups in total. The third-order valence-electron chi connectivity index (χ3n) is 7.21. The van der Waals surface area contributed by atoms with Crippen molar-refractivity contribution in [2.45, 2.75) is 52.4 Å². The van der Waals surface area contributed by atoms with Gasteiger partial charge in [-0.25, -0.2) is 8.78 Å². The summed E-state index contributed by atoms with van der Waals surface area (Å²) in [5.74, 6) is -5.83. The van der Waals surface area contributed by atoms with Crippen LogP contribution in [0.25, 0.3) is 11.1 Å². The molecule has 2 aromatic rings. The second-order valence-corrected chi connectivity index (χ2v) is 8.97. The lowest BCUT2D eigenvalue weighted by atomic mass is 9.87. The van der Waals surface area contributed by atoms with Crippen LogP contribution in [-0.4, -0.2) is 12.6 Å². The molecule has 4 rings (SSSR count). The van der Waals surface area contributed by atoms with E-state index in [9.17, 15) is 22.4 Å². The van der Waals surface area contributed by atoms with Crippen molar-refractivity contribution in [1.29, 1.82) is 0 Å². The highest BCUT2D eigenvalue weighted by atomic mass is 19.2. The molecular formula is C26H28F4O3. The topological polar surface area (TPSA) is 35.5 Å². The van der Waals surface area contributed by atoms with Crippen LogP contribution in [0, 0.1) is 46.9 Å². The van der Waals surface area contributed by atoms with Crippen molar-refractivity contribution in [3.8, 4) is 22.6 Å². The van der Waals surface area contributed by atoms with Gasteiger partial charge in [-0.1, -0.05) is 19.8 Å². The Hall–Kier alpha value is -2.57. The molecular weight excluding hydrogens is 436 g/mol. The smallest absolute Gasteiger partial charge is 0.314 e. The van der Waals surface area contributed by atoms with Gasteiger partial charge in [-0.15, -0.1) is 0 Å². The van der Waals surface area contributed by atoms with E-state index in [1.165, 1.54) is 0 Å². The molecule has 178 valence electrons. The summed E-state index contributed by atoms with van der Waals surface area (Å²) in [6, 6.07) is 4.45. The van der Waals surface area contributed by atoms with E-state index in [0.29, 0.717) is 18.3 Å². The third-order valence-corrected chi connectivity index (χ3v) is 7.21. The van der Waals surface area contributed by atoms with Crippen molar-refractivity contribution in [2.75, 3.05) is 6.61 Å². The minimum absolute atomic E-state index is 0.126. The van der Waals surface area contributed by atoms with Crippen LogP contribution < -0.4 is 9.47 Å². The lowest BCUT2D eigenvalue weighted by Crippen LogP contribution is -2.25. The molecule has 2 saturated carbocycles. The highest BCUT2D eigenvalue weighted by Gasteiger charge is 2.47. The van der Waals surface area contributed by atoms with E-state index >= 15 is 0 Å². The van der Waals surface area contributed by atoms with E-state index in [4.69, 9.17) is 9.47 Å². The average molecular weight is 464 g/mol. The van der Waals surface area contributed by atoms with Gasteiger partial charge in [0.15, 0.2) is 23.1 Å². The van der Waals surface area contributed by atoms with Gasteiger partial charge in [-0.05, 0) is 74.6 Å². The van der Waals surface area contributed by atoms with Gasteiger partial charge in [0, 0.05) is 11.1 Å². The Balaban J connectivity index is 1.53. The highest BCUT2D eigenvalue weighted by Crippen LogP contribution is 2.52. The first-order chi connectivity index (χ1) is 15.9. The molecule has 0 aromatic heterocycles. The molecule has 0 aliphatic heterocycles. The fourth-order valence-electron chi connectivity index (χ4n) is 5.75. The van der Waals surface area contributed by atoms with E-state index in [-0.39, 0.29) is 24.2 Å². The van der Waals surface area contributed by atoms with E-state index < -0.39 is 46.1 Å². The predicted octanol–water partition coefficient (Wildman–Crippen LogP) is 7.07. The van der Waals surface area contributed by atoms with Crippen LogP contribution in [0.2, 0.25) is 0 Å². The third kappa shape index (κ3) is 4.34. The largest absolute Gasteiger partial charge is 0.491 e. The number of rotatable bonds is 7. The Morgan fingerprint density at radius 3 is 2.06 bits per heavy atom. The minimum Gasteiger partial charge on any atom is -0.491 e. The van der Waals surface area contributed by atoms with Gasteiger partial charge in [0.25, 0.3) is 0 Å². The average Bonchev–Trinajstić information content (AvgIpc) is 3.39. The molecule has 2 aromatic carbocycles. The fraction of sp³-hybridized carbons (Fsp3) is 0.500. The fourth-order valence-corrected chi connectivity index (χ4v) is 5.75. The molecule has 4 atom stereocenters. The van der Waals surface area contributed by atoms with Gasteiger partial charge < -0.3 is 9.47 Å². The molecule has 7 heteroatoms. The maximum Gasteiger partial charge on any atom is 0.314 e. The van der Waals surface area contributed by atoms with E-state index in [1.54, 1.807) is 6.92 Å². The zero-order valence-electron chi connectivity index (χ0n) is 18.8. The number of halogens is 4. The number of benzene rings is 2. The Morgan fingerprint density at radius 2 is 1.42 bits per heavy atom. The van der Waals surface area contributed by atoms with Gasteiger partial charge in [0.2, 0.25) is 11.6 Å². The summed E-state index contributed by atoms with van der Waals surface area (Å²) < 4.78 is 68.5. The SMILES string of the molecule is CCCC1CC[C@H]2C(C(=O)Oc3ccc(-c4ccc(OCC)c(F)c4F)c(F)c3F)CC[C@@H]12. The number of ether oxygens (including phenoxy) is 2. The summed E-state index contributed by atoms with van der Waals surface area (Å²) in [7, 11) is 0. The molecule has 0 radical (unpaired) electrons. The minimum atomic E-state index is -1.41. The molecule has 0 spiro atoms. The van der Waals surface area contributed by atoms with E-state index in [1.807, 2.05) is 0 Å². The number of fused-ring (bicyclic) bond motifs is 1. The maximum atomic E-state index is 14.8. The van der Waals surface area contributed by atoms with Gasteiger partial charge in [0.1, 0.15) is 0 Å². The number of esters is 1. The highest BCUT2D eigenvalue weighted by molar-refractivity contribution is 5.76. The molecule has 0 saturated heterocycles. The quantitative estimate of drug-likeness (QED) is 0.250. The summed E-state index contributed by atoms with van der Waals surface area (Å²) in [5, 5.41) is 0. The van der Waals surface area contributed by atoms with Crippen LogP contribution >= 0.6 is 0 Å². The molecule has 2 aliphatic carbocycles. The van der Waals surface area contributed by atoms with Gasteiger partial charge in [-0.3, -0.25) is 4.79 Å². The Labute approximate surface area is 191 Å². The zero-order chi connectivity index (χ0) is 23.7. The second kappa shape index (κ2) is 9.74. The van der Waals surface area contributed by atoms with Crippen molar-refractivity contribution in [3.63, 3.8) is 0 Å². The van der Waals surface area contributed by atoms with Crippen LogP contribution in [-0.2, 0) is 4.79 Å². The molecule has 3 nitrogen and oxygen atoms in total. The Morgan fingerprint density at radius 1 is 0.818 bits per heavy atom. The predicted molar refractivity (Wildman–Crippen MR) is 116 cm³/mol. The van der Waals surface area contributed by atoms with Crippen molar-refractivity contribution in [2.24, 2.45) is 23.7 Å². The van der Waals surface area contributed by atoms with Gasteiger partial charge in [0.05, 0.1) is 12.5 Å². The summed E-state index contributed by atoms with van der Waals surface area (Å²) in [6.07, 6.45) is 5.94. The summed E-state index contributed by atoms with van der Waals surface area (Å²) in [6.45, 7) is 3.89. The normalized spacial score (nSPS) is 24.1. The second-order valence-electron chi connectivity index (χ2n) is 8.97. The number of carbonyl (C=O) groups excluding carboxylic acids is 1. The van der Waals surface area contributed by atoms with Crippen molar-refractivity contribution in [3.05, 3.63) is 47.5 Å². The number of hydrogen-bond donors (Lipinski definition) is 0. The first-order valence-corrected chi connectivity index (χ1v) is 11.7. The standard InChI is InChI=1S/C26H28F4O3/c1-3-5-14-6-7-16-15(14)8-9-19(16)26(31)33-21-13-11-18(23(28)25(21)30)17-10-12-20(32-4-2)24(29)22(17)27/h10-16,19H,3-9H2,1-2H3/t14?,15-,16+,19?/m0/s1. The molecule has 2 aliphatic rings. The molecule has 0 amide bonds. The number of carbonyl (C=O) groups is 1. The van der Waals surface area contributed by atoms with Crippen LogP contribution in [0.1, 0.15) is 52.4 Å². The van der Waals surface area contributed by atoms with Gasteiger partial charge in [-0.2, -0.15) is 8.78 Å². The van der Waals surface area contributed by atoms with Crippen LogP contribution in [0.15, 0.2) is 24.3 Å². The molecule has 0 heterocycles. The van der Waals surface area contributed by atoms with Gasteiger partial charge >= 0.3 is 5.97 Å². The van der Waals surface area contributed by atoms with Crippen LogP contribution in [0.3, 0.4) is 0 Å². The summed E-state index contributed by atoms with van der Waals surface area (Å²) >= 11 is 0. The first-order valence-electron chi connectivity index (χ1n) is 11.7. The van der Waals surface area contributed by atoms with Crippen LogP contribution in [0.4, 0.5) is 17.6 Å². The number of hydrogen-bond acceptors (Lipinski definition) is 3. The van der Waals surface area contributed by atoms with Crippen molar-refractivity contribution in [1.82, 2.24) is 0 Å².